The van der Waals surface area contributed by atoms with Gasteiger partial charge in [0.15, 0.2) is 0 Å². The zero-order valence-corrected chi connectivity index (χ0v) is 18.3. The van der Waals surface area contributed by atoms with Gasteiger partial charge in [-0.3, -0.25) is 9.36 Å². The van der Waals surface area contributed by atoms with E-state index >= 15 is 0 Å². The first-order valence-corrected chi connectivity index (χ1v) is 10.6. The van der Waals surface area contributed by atoms with E-state index in [1.54, 1.807) is 10.9 Å². The largest absolute Gasteiger partial charge is 0.495 e. The predicted octanol–water partition coefficient (Wildman–Crippen LogP) is 2.79. The molecule has 0 bridgehead atoms. The van der Waals surface area contributed by atoms with Crippen LogP contribution in [-0.4, -0.2) is 39.1 Å². The number of aliphatic hydroxyl groups excluding tert-OH is 1. The van der Waals surface area contributed by atoms with Crippen molar-refractivity contribution >= 4 is 23.5 Å². The Morgan fingerprint density at radius 2 is 1.72 bits per heavy atom. The van der Waals surface area contributed by atoms with Crippen LogP contribution in [0.1, 0.15) is 70.5 Å². The Labute approximate surface area is 172 Å². The lowest BCUT2D eigenvalue weighted by Gasteiger charge is -2.32. The van der Waals surface area contributed by atoms with Crippen LogP contribution in [-0.2, 0) is 9.31 Å². The Kier molecular flexibility index (Phi) is 4.92. The molecule has 0 unspecified atom stereocenters. The standard InChI is InChI=1S/C22H31BN2O4/c1-13-14(2)19-15(11-16(13)23-28-21(3,4)22(5,6)29-23)20(27)25(12-24-19)17-9-7-8-10-18(17)26/h11-12,17-18,26H,7-10H2,1-6H3/t17-,18-/m0/s1. The minimum atomic E-state index is -0.531. The van der Waals surface area contributed by atoms with E-state index < -0.39 is 24.4 Å². The van der Waals surface area contributed by atoms with Crippen molar-refractivity contribution in [3.05, 3.63) is 33.9 Å². The van der Waals surface area contributed by atoms with E-state index in [1.165, 1.54) is 0 Å². The number of aryl methyl sites for hydroxylation is 1. The third-order valence-corrected chi connectivity index (χ3v) is 7.24. The van der Waals surface area contributed by atoms with E-state index in [2.05, 4.69) is 4.98 Å². The van der Waals surface area contributed by atoms with Gasteiger partial charge in [-0.15, -0.1) is 0 Å². The summed E-state index contributed by atoms with van der Waals surface area (Å²) in [4.78, 5) is 18.0. The topological polar surface area (TPSA) is 73.6 Å². The van der Waals surface area contributed by atoms with Crippen molar-refractivity contribution in [3.8, 4) is 0 Å². The van der Waals surface area contributed by atoms with Gasteiger partial charge >= 0.3 is 7.12 Å². The molecule has 4 rings (SSSR count). The monoisotopic (exact) mass is 398 g/mol. The van der Waals surface area contributed by atoms with Gasteiger partial charge in [0.25, 0.3) is 5.56 Å². The van der Waals surface area contributed by atoms with Gasteiger partial charge in [0.1, 0.15) is 0 Å². The molecule has 0 spiro atoms. The normalized spacial score (nSPS) is 26.2. The minimum absolute atomic E-state index is 0.109. The Morgan fingerprint density at radius 1 is 1.10 bits per heavy atom. The molecule has 156 valence electrons. The average molecular weight is 398 g/mol. The maximum atomic E-state index is 13.4. The van der Waals surface area contributed by atoms with Crippen molar-refractivity contribution in [1.82, 2.24) is 9.55 Å². The van der Waals surface area contributed by atoms with E-state index in [9.17, 15) is 9.90 Å². The molecule has 0 amide bonds. The number of hydrogen-bond acceptors (Lipinski definition) is 5. The molecular weight excluding hydrogens is 367 g/mol. The van der Waals surface area contributed by atoms with Gasteiger partial charge in [-0.2, -0.15) is 0 Å². The molecule has 1 N–H and O–H groups in total. The summed E-state index contributed by atoms with van der Waals surface area (Å²) in [5, 5.41) is 11.0. The summed E-state index contributed by atoms with van der Waals surface area (Å²) in [6.07, 6.45) is 4.63. The zero-order chi connectivity index (χ0) is 21.1. The van der Waals surface area contributed by atoms with Crippen LogP contribution in [0.4, 0.5) is 0 Å². The summed E-state index contributed by atoms with van der Waals surface area (Å²) in [7, 11) is -0.531. The third-order valence-electron chi connectivity index (χ3n) is 7.24. The van der Waals surface area contributed by atoms with Crippen LogP contribution in [0.3, 0.4) is 0 Å². The van der Waals surface area contributed by atoms with Gasteiger partial charge in [0.05, 0.1) is 40.6 Å². The first-order chi connectivity index (χ1) is 13.5. The molecular formula is C22H31BN2O4. The fraction of sp³-hybridized carbons (Fsp3) is 0.636. The summed E-state index contributed by atoms with van der Waals surface area (Å²) < 4.78 is 14.1. The van der Waals surface area contributed by atoms with Gasteiger partial charge in [-0.05, 0) is 77.0 Å². The molecule has 1 saturated carbocycles. The first kappa shape index (κ1) is 20.6. The third kappa shape index (κ3) is 3.24. The molecule has 1 aliphatic carbocycles. The number of nitrogens with zero attached hydrogens (tertiary/aromatic N) is 2. The molecule has 1 aromatic carbocycles. The molecule has 1 saturated heterocycles. The van der Waals surface area contributed by atoms with Crippen LogP contribution >= 0.6 is 0 Å². The Hall–Kier alpha value is -1.70. The molecule has 2 atom stereocenters. The average Bonchev–Trinajstić information content (AvgIpc) is 2.86. The second-order valence-electron chi connectivity index (χ2n) is 9.58. The summed E-state index contributed by atoms with van der Waals surface area (Å²) in [6.45, 7) is 12.1. The summed E-state index contributed by atoms with van der Waals surface area (Å²) in [5.41, 5.74) is 2.55. The predicted molar refractivity (Wildman–Crippen MR) is 115 cm³/mol. The fourth-order valence-corrected chi connectivity index (χ4v) is 4.44. The Bertz CT molecular complexity index is 998. The molecule has 6 nitrogen and oxygen atoms in total. The molecule has 2 heterocycles. The van der Waals surface area contributed by atoms with E-state index in [1.807, 2.05) is 47.6 Å². The van der Waals surface area contributed by atoms with Crippen molar-refractivity contribution in [1.29, 1.82) is 0 Å². The number of aromatic nitrogens is 2. The van der Waals surface area contributed by atoms with Crippen LogP contribution in [0.5, 0.6) is 0 Å². The molecule has 2 aromatic rings. The van der Waals surface area contributed by atoms with E-state index in [4.69, 9.17) is 9.31 Å². The number of benzene rings is 1. The molecule has 1 aromatic heterocycles. The molecule has 29 heavy (non-hydrogen) atoms. The lowest BCUT2D eigenvalue weighted by molar-refractivity contribution is 0.00578. The second kappa shape index (κ2) is 6.93. The molecule has 7 heteroatoms. The first-order valence-electron chi connectivity index (χ1n) is 10.6. The molecule has 0 radical (unpaired) electrons. The van der Waals surface area contributed by atoms with Crippen molar-refractivity contribution in [2.24, 2.45) is 0 Å². The van der Waals surface area contributed by atoms with Crippen LogP contribution in [0, 0.1) is 13.8 Å². The van der Waals surface area contributed by atoms with Crippen molar-refractivity contribution in [2.45, 2.75) is 90.6 Å². The summed E-state index contributed by atoms with van der Waals surface area (Å²) in [5.74, 6) is 0. The highest BCUT2D eigenvalue weighted by Gasteiger charge is 2.52. The maximum absolute atomic E-state index is 13.4. The highest BCUT2D eigenvalue weighted by molar-refractivity contribution is 6.63. The highest BCUT2D eigenvalue weighted by atomic mass is 16.7. The van der Waals surface area contributed by atoms with Gasteiger partial charge in [-0.1, -0.05) is 12.8 Å². The van der Waals surface area contributed by atoms with Gasteiger partial charge in [0, 0.05) is 0 Å². The van der Waals surface area contributed by atoms with Crippen molar-refractivity contribution in [3.63, 3.8) is 0 Å². The molecule has 1 aliphatic heterocycles. The second-order valence-corrected chi connectivity index (χ2v) is 9.58. The Balaban J connectivity index is 1.85. The Morgan fingerprint density at radius 3 is 2.34 bits per heavy atom. The quantitative estimate of drug-likeness (QED) is 0.788. The minimum Gasteiger partial charge on any atom is -0.399 e. The molecule has 2 fully saturated rings. The molecule has 2 aliphatic rings. The van der Waals surface area contributed by atoms with Crippen LogP contribution in [0.2, 0.25) is 0 Å². The smallest absolute Gasteiger partial charge is 0.399 e. The van der Waals surface area contributed by atoms with Crippen molar-refractivity contribution < 1.29 is 14.4 Å². The highest BCUT2D eigenvalue weighted by Crippen LogP contribution is 2.37. The summed E-state index contributed by atoms with van der Waals surface area (Å²) in [6, 6.07) is 1.66. The van der Waals surface area contributed by atoms with Crippen LogP contribution < -0.4 is 11.0 Å². The number of hydrogen-bond donors (Lipinski definition) is 1. The van der Waals surface area contributed by atoms with E-state index in [0.29, 0.717) is 10.9 Å². The van der Waals surface area contributed by atoms with Gasteiger partial charge < -0.3 is 14.4 Å². The van der Waals surface area contributed by atoms with E-state index in [0.717, 1.165) is 42.3 Å². The van der Waals surface area contributed by atoms with Crippen LogP contribution in [0.15, 0.2) is 17.2 Å². The number of fused-ring (bicyclic) bond motifs is 1. The number of aliphatic hydroxyl groups is 1. The maximum Gasteiger partial charge on any atom is 0.495 e. The van der Waals surface area contributed by atoms with Crippen LogP contribution in [0.25, 0.3) is 10.9 Å². The zero-order valence-electron chi connectivity index (χ0n) is 18.3. The SMILES string of the molecule is Cc1c(B2OC(C)(C)C(C)(C)O2)cc2c(=O)n([C@H]3CCCC[C@@H]3O)cnc2c1C. The summed E-state index contributed by atoms with van der Waals surface area (Å²) >= 11 is 0. The van der Waals surface area contributed by atoms with Gasteiger partial charge in [-0.25, -0.2) is 4.98 Å². The lowest BCUT2D eigenvalue weighted by atomic mass is 9.74. The van der Waals surface area contributed by atoms with Gasteiger partial charge in [0.2, 0.25) is 0 Å². The van der Waals surface area contributed by atoms with Crippen molar-refractivity contribution in [2.75, 3.05) is 0 Å². The lowest BCUT2D eigenvalue weighted by Crippen LogP contribution is -2.41. The number of rotatable bonds is 2. The fourth-order valence-electron chi connectivity index (χ4n) is 4.44. The van der Waals surface area contributed by atoms with E-state index in [-0.39, 0.29) is 11.6 Å².